The molecule has 0 aliphatic carbocycles. The molecule has 0 saturated heterocycles. The van der Waals surface area contributed by atoms with Gasteiger partial charge in [-0.05, 0) is 67.7 Å². The molecule has 0 fully saturated rings. The van der Waals surface area contributed by atoms with Gasteiger partial charge in [-0.15, -0.1) is 0 Å². The molecule has 21 heavy (non-hydrogen) atoms. The van der Waals surface area contributed by atoms with Crippen LogP contribution in [-0.2, 0) is 6.42 Å². The quantitative estimate of drug-likeness (QED) is 0.719. The Kier molecular flexibility index (Phi) is 6.93. The Labute approximate surface area is 132 Å². The van der Waals surface area contributed by atoms with E-state index in [4.69, 9.17) is 0 Å². The molecule has 0 amide bonds. The molecule has 1 nitrogen and oxygen atoms in total. The van der Waals surface area contributed by atoms with Crippen molar-refractivity contribution in [1.82, 2.24) is 5.32 Å². The van der Waals surface area contributed by atoms with E-state index in [-0.39, 0.29) is 0 Å². The minimum absolute atomic E-state index is 0.382. The lowest BCUT2D eigenvalue weighted by molar-refractivity contribution is 0.222. The van der Waals surface area contributed by atoms with Gasteiger partial charge >= 0.3 is 0 Å². The summed E-state index contributed by atoms with van der Waals surface area (Å²) in [6, 6.07) is 7.23. The van der Waals surface area contributed by atoms with Crippen LogP contribution in [0.4, 0.5) is 0 Å². The summed E-state index contributed by atoms with van der Waals surface area (Å²) in [5.41, 5.74) is 4.78. The maximum absolute atomic E-state index is 3.78. The summed E-state index contributed by atoms with van der Waals surface area (Å²) in [6.07, 6.45) is 3.60. The van der Waals surface area contributed by atoms with Crippen LogP contribution < -0.4 is 5.32 Å². The van der Waals surface area contributed by atoms with Crippen molar-refractivity contribution in [2.24, 2.45) is 11.3 Å². The van der Waals surface area contributed by atoms with Gasteiger partial charge in [-0.3, -0.25) is 0 Å². The zero-order chi connectivity index (χ0) is 16.0. The van der Waals surface area contributed by atoms with Gasteiger partial charge in [0.25, 0.3) is 0 Å². The minimum atomic E-state index is 0.382. The molecular weight excluding hydrogens is 254 g/mol. The number of benzene rings is 1. The Hall–Kier alpha value is -0.820. The van der Waals surface area contributed by atoms with Crippen molar-refractivity contribution >= 4 is 0 Å². The van der Waals surface area contributed by atoms with Crippen molar-refractivity contribution in [2.75, 3.05) is 6.54 Å². The number of hydrogen-bond acceptors (Lipinski definition) is 1. The predicted molar refractivity (Wildman–Crippen MR) is 94.9 cm³/mol. The molecule has 0 saturated carbocycles. The Morgan fingerprint density at radius 1 is 1.10 bits per heavy atom. The van der Waals surface area contributed by atoms with Gasteiger partial charge < -0.3 is 5.32 Å². The molecule has 1 rings (SSSR count). The number of rotatable bonds is 7. The molecule has 120 valence electrons. The number of nitrogens with one attached hydrogen (secondary N) is 1. The fourth-order valence-electron chi connectivity index (χ4n) is 2.78. The summed E-state index contributed by atoms with van der Waals surface area (Å²) >= 11 is 0. The molecule has 0 aromatic heterocycles. The lowest BCUT2D eigenvalue weighted by Gasteiger charge is -2.32. The van der Waals surface area contributed by atoms with Gasteiger partial charge in [-0.25, -0.2) is 0 Å². The summed E-state index contributed by atoms with van der Waals surface area (Å²) in [6.45, 7) is 17.3. The monoisotopic (exact) mass is 289 g/mol. The van der Waals surface area contributed by atoms with Crippen molar-refractivity contribution in [3.63, 3.8) is 0 Å². The van der Waals surface area contributed by atoms with Gasteiger partial charge in [-0.1, -0.05) is 52.8 Å². The van der Waals surface area contributed by atoms with Gasteiger partial charge in [0.15, 0.2) is 0 Å². The van der Waals surface area contributed by atoms with E-state index >= 15 is 0 Å². The van der Waals surface area contributed by atoms with Gasteiger partial charge in [0.1, 0.15) is 0 Å². The molecular formula is C20H35N. The zero-order valence-corrected chi connectivity index (χ0v) is 15.2. The van der Waals surface area contributed by atoms with Crippen LogP contribution in [0.3, 0.4) is 0 Å². The third kappa shape index (κ3) is 5.82. The lowest BCUT2D eigenvalue weighted by atomic mass is 9.77. The lowest BCUT2D eigenvalue weighted by Crippen LogP contribution is -2.36. The van der Waals surface area contributed by atoms with Crippen molar-refractivity contribution in [3.8, 4) is 0 Å². The first-order chi connectivity index (χ1) is 9.75. The number of aryl methyl sites for hydroxylation is 2. The maximum atomic E-state index is 3.78. The molecule has 0 spiro atoms. The molecule has 1 N–H and O–H groups in total. The SMILES string of the molecule is CCCNC(Cc1c(C)cccc1C)CC(C)C(C)(C)C. The van der Waals surface area contributed by atoms with Crippen LogP contribution in [0, 0.1) is 25.2 Å². The van der Waals surface area contributed by atoms with Crippen LogP contribution in [0.15, 0.2) is 18.2 Å². The van der Waals surface area contributed by atoms with E-state index in [1.54, 1.807) is 0 Å². The molecule has 1 aromatic rings. The Bertz CT molecular complexity index is 408. The molecule has 0 radical (unpaired) electrons. The van der Waals surface area contributed by atoms with Gasteiger partial charge in [0.2, 0.25) is 0 Å². The summed E-state index contributed by atoms with van der Waals surface area (Å²) in [5.74, 6) is 0.719. The maximum Gasteiger partial charge on any atom is 0.0110 e. The smallest absolute Gasteiger partial charge is 0.0110 e. The highest BCUT2D eigenvalue weighted by atomic mass is 14.9. The van der Waals surface area contributed by atoms with Crippen LogP contribution in [0.2, 0.25) is 0 Å². The van der Waals surface area contributed by atoms with E-state index in [2.05, 4.69) is 72.0 Å². The van der Waals surface area contributed by atoms with E-state index < -0.39 is 0 Å². The van der Waals surface area contributed by atoms with Crippen molar-refractivity contribution in [2.45, 2.75) is 73.8 Å². The van der Waals surface area contributed by atoms with Crippen LogP contribution >= 0.6 is 0 Å². The second kappa shape index (κ2) is 7.98. The first-order valence-corrected chi connectivity index (χ1v) is 8.54. The number of hydrogen-bond donors (Lipinski definition) is 1. The Morgan fingerprint density at radius 3 is 2.14 bits per heavy atom. The molecule has 0 aliphatic heterocycles. The first-order valence-electron chi connectivity index (χ1n) is 8.54. The summed E-state index contributed by atoms with van der Waals surface area (Å²) in [4.78, 5) is 0. The first kappa shape index (κ1) is 18.2. The molecule has 2 atom stereocenters. The highest BCUT2D eigenvalue weighted by Gasteiger charge is 2.24. The summed E-state index contributed by atoms with van der Waals surface area (Å²) in [7, 11) is 0. The third-order valence-corrected chi connectivity index (χ3v) is 4.89. The molecule has 1 heteroatoms. The topological polar surface area (TPSA) is 12.0 Å². The fraction of sp³-hybridized carbons (Fsp3) is 0.700. The molecule has 0 heterocycles. The molecule has 0 aliphatic rings. The van der Waals surface area contributed by atoms with E-state index in [0.717, 1.165) is 18.9 Å². The van der Waals surface area contributed by atoms with E-state index in [0.29, 0.717) is 11.5 Å². The van der Waals surface area contributed by atoms with Gasteiger partial charge in [0, 0.05) is 6.04 Å². The van der Waals surface area contributed by atoms with E-state index in [1.165, 1.54) is 29.5 Å². The predicted octanol–water partition coefficient (Wildman–Crippen LogP) is 5.29. The summed E-state index contributed by atoms with van der Waals surface area (Å²) in [5, 5.41) is 3.78. The van der Waals surface area contributed by atoms with Crippen LogP contribution in [0.1, 0.15) is 64.2 Å². The van der Waals surface area contributed by atoms with Crippen molar-refractivity contribution in [3.05, 3.63) is 34.9 Å². The van der Waals surface area contributed by atoms with Gasteiger partial charge in [-0.2, -0.15) is 0 Å². The standard InChI is InChI=1S/C20H35N/c1-8-12-21-18(13-17(4)20(5,6)7)14-19-15(2)10-9-11-16(19)3/h9-11,17-18,21H,8,12-14H2,1-7H3. The summed E-state index contributed by atoms with van der Waals surface area (Å²) < 4.78 is 0. The van der Waals surface area contributed by atoms with Crippen LogP contribution in [0.25, 0.3) is 0 Å². The largest absolute Gasteiger partial charge is 0.314 e. The third-order valence-electron chi connectivity index (χ3n) is 4.89. The Morgan fingerprint density at radius 2 is 1.67 bits per heavy atom. The highest BCUT2D eigenvalue weighted by molar-refractivity contribution is 5.34. The average Bonchev–Trinajstić information content (AvgIpc) is 2.38. The molecule has 0 bridgehead atoms. The minimum Gasteiger partial charge on any atom is -0.314 e. The second-order valence-corrected chi connectivity index (χ2v) is 7.73. The second-order valence-electron chi connectivity index (χ2n) is 7.73. The molecule has 1 aromatic carbocycles. The van der Waals surface area contributed by atoms with Crippen molar-refractivity contribution < 1.29 is 0 Å². The van der Waals surface area contributed by atoms with E-state index in [1.807, 2.05) is 0 Å². The van der Waals surface area contributed by atoms with E-state index in [9.17, 15) is 0 Å². The molecule has 2 unspecified atom stereocenters. The average molecular weight is 290 g/mol. The van der Waals surface area contributed by atoms with Crippen molar-refractivity contribution in [1.29, 1.82) is 0 Å². The fourth-order valence-corrected chi connectivity index (χ4v) is 2.78. The zero-order valence-electron chi connectivity index (χ0n) is 15.2. The Balaban J connectivity index is 2.83. The van der Waals surface area contributed by atoms with Gasteiger partial charge in [0.05, 0.1) is 0 Å². The normalized spacial score (nSPS) is 15.0. The van der Waals surface area contributed by atoms with Crippen LogP contribution in [-0.4, -0.2) is 12.6 Å². The highest BCUT2D eigenvalue weighted by Crippen LogP contribution is 2.30. The van der Waals surface area contributed by atoms with Crippen LogP contribution in [0.5, 0.6) is 0 Å².